The largest absolute Gasteiger partial charge is 0.321 e. The van der Waals surface area contributed by atoms with Crippen molar-refractivity contribution in [3.8, 4) is 0 Å². The van der Waals surface area contributed by atoms with Gasteiger partial charge in [-0.25, -0.2) is 0 Å². The van der Waals surface area contributed by atoms with Crippen molar-refractivity contribution in [1.29, 1.82) is 0 Å². The number of fused-ring (bicyclic) bond motifs is 1. The van der Waals surface area contributed by atoms with Gasteiger partial charge in [0.05, 0.1) is 10.6 Å². The number of pyridine rings is 2. The lowest BCUT2D eigenvalue weighted by molar-refractivity contribution is 0.102. The molecule has 0 unspecified atom stereocenters. The molecule has 0 spiro atoms. The normalized spacial score (nSPS) is 10.4. The zero-order valence-electron chi connectivity index (χ0n) is 10.4. The molecular formula is C15H10ClN3O. The van der Waals surface area contributed by atoms with E-state index in [9.17, 15) is 4.79 Å². The number of aromatic nitrogens is 2. The van der Waals surface area contributed by atoms with Gasteiger partial charge in [0, 0.05) is 41.2 Å². The van der Waals surface area contributed by atoms with Crippen LogP contribution in [-0.4, -0.2) is 15.9 Å². The summed E-state index contributed by atoms with van der Waals surface area (Å²) in [4.78, 5) is 20.2. The summed E-state index contributed by atoms with van der Waals surface area (Å²) in [6, 6.07) is 9.10. The molecule has 20 heavy (non-hydrogen) atoms. The first-order valence-corrected chi connectivity index (χ1v) is 6.37. The number of nitrogens with zero attached hydrogens (tertiary/aromatic N) is 2. The highest BCUT2D eigenvalue weighted by Crippen LogP contribution is 2.23. The molecule has 0 aliphatic carbocycles. The summed E-state index contributed by atoms with van der Waals surface area (Å²) in [5.74, 6) is -0.262. The van der Waals surface area contributed by atoms with Crippen molar-refractivity contribution in [3.63, 3.8) is 0 Å². The molecule has 0 bridgehead atoms. The van der Waals surface area contributed by atoms with E-state index < -0.39 is 0 Å². The highest BCUT2D eigenvalue weighted by molar-refractivity contribution is 6.34. The van der Waals surface area contributed by atoms with Crippen LogP contribution in [0, 0.1) is 0 Å². The lowest BCUT2D eigenvalue weighted by atomic mass is 10.1. The number of hydrogen-bond donors (Lipinski definition) is 1. The van der Waals surface area contributed by atoms with E-state index >= 15 is 0 Å². The van der Waals surface area contributed by atoms with E-state index in [0.29, 0.717) is 10.6 Å². The number of benzene rings is 1. The third-order valence-corrected chi connectivity index (χ3v) is 3.25. The fraction of sp³-hybridized carbons (Fsp3) is 0. The number of carbonyl (C=O) groups excluding carboxylic acids is 1. The maximum absolute atomic E-state index is 12.2. The van der Waals surface area contributed by atoms with Crippen LogP contribution in [0.5, 0.6) is 0 Å². The predicted octanol–water partition coefficient (Wildman–Crippen LogP) is 3.54. The zero-order chi connectivity index (χ0) is 13.9. The summed E-state index contributed by atoms with van der Waals surface area (Å²) < 4.78 is 0. The number of amides is 1. The van der Waals surface area contributed by atoms with E-state index in [1.54, 1.807) is 18.5 Å². The van der Waals surface area contributed by atoms with Gasteiger partial charge in [-0.05, 0) is 18.2 Å². The molecule has 98 valence electrons. The molecule has 1 amide bonds. The van der Waals surface area contributed by atoms with Gasteiger partial charge in [-0.3, -0.25) is 14.8 Å². The van der Waals surface area contributed by atoms with Crippen LogP contribution >= 0.6 is 11.6 Å². The second kappa shape index (κ2) is 5.27. The Hall–Kier alpha value is -2.46. The Morgan fingerprint density at radius 1 is 1.05 bits per heavy atom. The van der Waals surface area contributed by atoms with Crippen LogP contribution in [0.25, 0.3) is 10.8 Å². The number of halogens is 1. The van der Waals surface area contributed by atoms with Crippen molar-refractivity contribution in [3.05, 3.63) is 65.7 Å². The van der Waals surface area contributed by atoms with Gasteiger partial charge < -0.3 is 5.32 Å². The second-order valence-corrected chi connectivity index (χ2v) is 4.62. The molecule has 1 N–H and O–H groups in total. The van der Waals surface area contributed by atoms with E-state index in [1.807, 2.05) is 24.3 Å². The minimum atomic E-state index is -0.262. The van der Waals surface area contributed by atoms with Crippen LogP contribution in [0.4, 0.5) is 5.69 Å². The average molecular weight is 284 g/mol. The maximum atomic E-state index is 12.2. The molecule has 0 saturated heterocycles. The minimum Gasteiger partial charge on any atom is -0.321 e. The smallest absolute Gasteiger partial charge is 0.257 e. The maximum Gasteiger partial charge on any atom is 0.257 e. The third-order valence-electron chi connectivity index (χ3n) is 2.95. The van der Waals surface area contributed by atoms with Gasteiger partial charge in [0.1, 0.15) is 0 Å². The van der Waals surface area contributed by atoms with Crippen LogP contribution in [0.1, 0.15) is 10.4 Å². The lowest BCUT2D eigenvalue weighted by Gasteiger charge is -2.09. The molecule has 2 heterocycles. The summed E-state index contributed by atoms with van der Waals surface area (Å²) in [5.41, 5.74) is 1.12. The SMILES string of the molecule is O=C(Nc1cccc2cnccc12)c1ccncc1Cl. The number of hydrogen-bond acceptors (Lipinski definition) is 3. The summed E-state index contributed by atoms with van der Waals surface area (Å²) in [7, 11) is 0. The fourth-order valence-electron chi connectivity index (χ4n) is 1.98. The third kappa shape index (κ3) is 2.33. The van der Waals surface area contributed by atoms with Crippen molar-refractivity contribution >= 4 is 34.0 Å². The highest BCUT2D eigenvalue weighted by atomic mass is 35.5. The number of rotatable bonds is 2. The standard InChI is InChI=1S/C15H10ClN3O/c16-13-9-18-7-5-12(13)15(20)19-14-3-1-2-10-8-17-6-4-11(10)14/h1-9H,(H,19,20). The number of nitrogens with one attached hydrogen (secondary N) is 1. The molecule has 4 nitrogen and oxygen atoms in total. The molecule has 0 fully saturated rings. The van der Waals surface area contributed by atoms with Gasteiger partial charge >= 0.3 is 0 Å². The fourth-order valence-corrected chi connectivity index (χ4v) is 2.19. The minimum absolute atomic E-state index is 0.262. The molecule has 2 aromatic heterocycles. The van der Waals surface area contributed by atoms with Crippen LogP contribution < -0.4 is 5.32 Å². The molecule has 0 atom stereocenters. The average Bonchev–Trinajstić information content (AvgIpc) is 2.48. The molecule has 1 aromatic carbocycles. The van der Waals surface area contributed by atoms with Crippen molar-refractivity contribution in [2.75, 3.05) is 5.32 Å². The quantitative estimate of drug-likeness (QED) is 0.783. The Morgan fingerprint density at radius 3 is 2.70 bits per heavy atom. The molecule has 3 aromatic rings. The molecular weight excluding hydrogens is 274 g/mol. The van der Waals surface area contributed by atoms with E-state index in [2.05, 4.69) is 15.3 Å². The molecule has 3 rings (SSSR count). The van der Waals surface area contributed by atoms with Crippen LogP contribution in [0.2, 0.25) is 5.02 Å². The Balaban J connectivity index is 1.98. The Kier molecular flexibility index (Phi) is 3.31. The van der Waals surface area contributed by atoms with E-state index in [4.69, 9.17) is 11.6 Å². The number of anilines is 1. The van der Waals surface area contributed by atoms with Gasteiger partial charge in [-0.1, -0.05) is 23.7 Å². The lowest BCUT2D eigenvalue weighted by Crippen LogP contribution is -2.12. The second-order valence-electron chi connectivity index (χ2n) is 4.21. The van der Waals surface area contributed by atoms with Crippen molar-refractivity contribution in [1.82, 2.24) is 9.97 Å². The molecule has 0 radical (unpaired) electrons. The predicted molar refractivity (Wildman–Crippen MR) is 78.9 cm³/mol. The van der Waals surface area contributed by atoms with Crippen molar-refractivity contribution in [2.24, 2.45) is 0 Å². The van der Waals surface area contributed by atoms with Gasteiger partial charge in [0.2, 0.25) is 0 Å². The monoisotopic (exact) mass is 283 g/mol. The number of carbonyl (C=O) groups is 1. The summed E-state index contributed by atoms with van der Waals surface area (Å²) in [5, 5.41) is 5.08. The molecule has 0 aliphatic heterocycles. The van der Waals surface area contributed by atoms with Gasteiger partial charge in [-0.2, -0.15) is 0 Å². The zero-order valence-corrected chi connectivity index (χ0v) is 11.1. The Labute approximate surface area is 120 Å². The van der Waals surface area contributed by atoms with Crippen LogP contribution in [0.15, 0.2) is 55.1 Å². The van der Waals surface area contributed by atoms with Gasteiger partial charge in [-0.15, -0.1) is 0 Å². The van der Waals surface area contributed by atoms with Crippen LogP contribution in [-0.2, 0) is 0 Å². The topological polar surface area (TPSA) is 54.9 Å². The van der Waals surface area contributed by atoms with Crippen molar-refractivity contribution < 1.29 is 4.79 Å². The van der Waals surface area contributed by atoms with E-state index in [0.717, 1.165) is 16.5 Å². The van der Waals surface area contributed by atoms with Crippen molar-refractivity contribution in [2.45, 2.75) is 0 Å². The summed E-state index contributed by atoms with van der Waals surface area (Å²) in [6.07, 6.45) is 6.43. The first kappa shape index (κ1) is 12.6. The van der Waals surface area contributed by atoms with Gasteiger partial charge in [0.15, 0.2) is 0 Å². The summed E-state index contributed by atoms with van der Waals surface area (Å²) in [6.45, 7) is 0. The Morgan fingerprint density at radius 2 is 1.85 bits per heavy atom. The van der Waals surface area contributed by atoms with E-state index in [-0.39, 0.29) is 5.91 Å². The first-order chi connectivity index (χ1) is 9.75. The van der Waals surface area contributed by atoms with Crippen LogP contribution in [0.3, 0.4) is 0 Å². The van der Waals surface area contributed by atoms with E-state index in [1.165, 1.54) is 12.4 Å². The molecule has 5 heteroatoms. The Bertz CT molecular complexity index is 783. The summed E-state index contributed by atoms with van der Waals surface area (Å²) >= 11 is 5.97. The highest BCUT2D eigenvalue weighted by Gasteiger charge is 2.11. The first-order valence-electron chi connectivity index (χ1n) is 5.99. The van der Waals surface area contributed by atoms with Gasteiger partial charge in [0.25, 0.3) is 5.91 Å². The molecule has 0 aliphatic rings. The molecule has 0 saturated carbocycles.